The molecule has 4 heteroatoms. The molecule has 29 heavy (non-hydrogen) atoms. The summed E-state index contributed by atoms with van der Waals surface area (Å²) in [6.45, 7) is 6.21. The molecule has 2 saturated heterocycles. The molecule has 0 aliphatic carbocycles. The van der Waals surface area contributed by atoms with Crippen LogP contribution in [0.25, 0.3) is 0 Å². The largest absolute Gasteiger partial charge is 0.342 e. The molecule has 1 unspecified atom stereocenters. The molecule has 4 rings (SSSR count). The van der Waals surface area contributed by atoms with Crippen LogP contribution < -0.4 is 4.90 Å². The van der Waals surface area contributed by atoms with Crippen LogP contribution in [0, 0.1) is 25.7 Å². The number of aryl methyl sites for hydroxylation is 2. The lowest BCUT2D eigenvalue weighted by Crippen LogP contribution is -2.42. The number of piperidine rings is 1. The first-order valence-electron chi connectivity index (χ1n) is 10.7. The molecule has 2 heterocycles. The van der Waals surface area contributed by atoms with Gasteiger partial charge in [0.05, 0.1) is 5.92 Å². The molecule has 2 aromatic carbocycles. The molecule has 2 amide bonds. The minimum absolute atomic E-state index is 0.0623. The molecule has 2 aliphatic heterocycles. The number of carbonyl (C=O) groups is 2. The van der Waals surface area contributed by atoms with Gasteiger partial charge in [-0.2, -0.15) is 0 Å². The van der Waals surface area contributed by atoms with E-state index >= 15 is 0 Å². The fraction of sp³-hybridized carbons (Fsp3) is 0.440. The predicted molar refractivity (Wildman–Crippen MR) is 116 cm³/mol. The molecule has 0 saturated carbocycles. The van der Waals surface area contributed by atoms with Crippen LogP contribution in [0.3, 0.4) is 0 Å². The second kappa shape index (κ2) is 8.40. The van der Waals surface area contributed by atoms with E-state index in [0.717, 1.165) is 49.2 Å². The van der Waals surface area contributed by atoms with Crippen molar-refractivity contribution in [3.63, 3.8) is 0 Å². The Labute approximate surface area is 173 Å². The molecule has 0 N–H and O–H groups in total. The Kier molecular flexibility index (Phi) is 5.70. The van der Waals surface area contributed by atoms with Crippen molar-refractivity contribution >= 4 is 17.5 Å². The average molecular weight is 391 g/mol. The third kappa shape index (κ3) is 4.52. The quantitative estimate of drug-likeness (QED) is 0.787. The fourth-order valence-electron chi connectivity index (χ4n) is 4.79. The second-order valence-electron chi connectivity index (χ2n) is 8.71. The highest BCUT2D eigenvalue weighted by Crippen LogP contribution is 2.29. The topological polar surface area (TPSA) is 40.6 Å². The van der Waals surface area contributed by atoms with E-state index < -0.39 is 0 Å². The molecular weight excluding hydrogens is 360 g/mol. The van der Waals surface area contributed by atoms with Gasteiger partial charge < -0.3 is 9.80 Å². The Morgan fingerprint density at radius 1 is 1.00 bits per heavy atom. The Balaban J connectivity index is 1.34. The Morgan fingerprint density at radius 3 is 2.31 bits per heavy atom. The highest BCUT2D eigenvalue weighted by molar-refractivity contribution is 6.00. The maximum Gasteiger partial charge on any atom is 0.228 e. The van der Waals surface area contributed by atoms with E-state index in [0.29, 0.717) is 18.9 Å². The summed E-state index contributed by atoms with van der Waals surface area (Å²) < 4.78 is 0. The molecule has 0 bridgehead atoms. The van der Waals surface area contributed by atoms with Gasteiger partial charge in [0.2, 0.25) is 11.8 Å². The summed E-state index contributed by atoms with van der Waals surface area (Å²) in [5, 5.41) is 0. The van der Waals surface area contributed by atoms with Crippen LogP contribution in [-0.2, 0) is 16.0 Å². The molecule has 0 spiro atoms. The number of anilines is 1. The maximum absolute atomic E-state index is 13.1. The minimum atomic E-state index is -0.214. The lowest BCUT2D eigenvalue weighted by atomic mass is 9.89. The highest BCUT2D eigenvalue weighted by Gasteiger charge is 2.38. The van der Waals surface area contributed by atoms with Gasteiger partial charge in [0.1, 0.15) is 0 Å². The van der Waals surface area contributed by atoms with Crippen molar-refractivity contribution in [3.8, 4) is 0 Å². The number of likely N-dealkylation sites (tertiary alicyclic amines) is 1. The van der Waals surface area contributed by atoms with E-state index in [1.54, 1.807) is 4.90 Å². The molecule has 2 aliphatic rings. The lowest BCUT2D eigenvalue weighted by molar-refractivity contribution is -0.137. The van der Waals surface area contributed by atoms with E-state index in [2.05, 4.69) is 36.4 Å². The smallest absolute Gasteiger partial charge is 0.228 e. The van der Waals surface area contributed by atoms with Crippen molar-refractivity contribution in [2.45, 2.75) is 39.5 Å². The van der Waals surface area contributed by atoms with Crippen LogP contribution in [-0.4, -0.2) is 36.3 Å². The number of rotatable bonds is 4. The number of amides is 2. The molecule has 1 atom stereocenters. The number of benzene rings is 2. The summed E-state index contributed by atoms with van der Waals surface area (Å²) in [6.07, 6.45) is 3.51. The van der Waals surface area contributed by atoms with E-state index in [1.165, 1.54) is 5.56 Å². The molecule has 2 fully saturated rings. The summed E-state index contributed by atoms with van der Waals surface area (Å²) in [5.74, 6) is 0.642. The van der Waals surface area contributed by atoms with Crippen LogP contribution in [0.4, 0.5) is 5.69 Å². The zero-order valence-corrected chi connectivity index (χ0v) is 17.4. The Morgan fingerprint density at radius 2 is 1.66 bits per heavy atom. The standard InChI is InChI=1S/C25H30N2O2/c1-18-12-19(2)14-23(13-18)27-17-22(16-24(27)28)25(29)26-10-8-21(9-11-26)15-20-6-4-3-5-7-20/h3-7,12-14,21-22H,8-11,15-17H2,1-2H3. The van der Waals surface area contributed by atoms with Gasteiger partial charge in [-0.05, 0) is 67.9 Å². The first kappa shape index (κ1) is 19.7. The van der Waals surface area contributed by atoms with Gasteiger partial charge in [-0.25, -0.2) is 0 Å². The fourth-order valence-corrected chi connectivity index (χ4v) is 4.79. The van der Waals surface area contributed by atoms with Gasteiger partial charge in [0.25, 0.3) is 0 Å². The molecule has 0 radical (unpaired) electrons. The van der Waals surface area contributed by atoms with Gasteiger partial charge in [0.15, 0.2) is 0 Å². The third-order valence-corrected chi connectivity index (χ3v) is 6.29. The van der Waals surface area contributed by atoms with Gasteiger partial charge in [0, 0.05) is 31.7 Å². The SMILES string of the molecule is Cc1cc(C)cc(N2CC(C(=O)N3CCC(Cc4ccccc4)CC3)CC2=O)c1. The summed E-state index contributed by atoms with van der Waals surface area (Å²) in [4.78, 5) is 29.5. The molecular formula is C25H30N2O2. The van der Waals surface area contributed by atoms with Crippen LogP contribution in [0.15, 0.2) is 48.5 Å². The number of hydrogen-bond donors (Lipinski definition) is 0. The van der Waals surface area contributed by atoms with Gasteiger partial charge in [-0.1, -0.05) is 36.4 Å². The molecule has 152 valence electrons. The Hall–Kier alpha value is -2.62. The van der Waals surface area contributed by atoms with Crippen LogP contribution >= 0.6 is 0 Å². The van der Waals surface area contributed by atoms with Crippen LogP contribution in [0.2, 0.25) is 0 Å². The van der Waals surface area contributed by atoms with Crippen LogP contribution in [0.5, 0.6) is 0 Å². The zero-order chi connectivity index (χ0) is 20.4. The highest BCUT2D eigenvalue weighted by atomic mass is 16.2. The van der Waals surface area contributed by atoms with Crippen LogP contribution in [0.1, 0.15) is 36.0 Å². The normalized spacial score (nSPS) is 20.3. The van der Waals surface area contributed by atoms with E-state index in [-0.39, 0.29) is 17.7 Å². The lowest BCUT2D eigenvalue weighted by Gasteiger charge is -2.33. The molecule has 0 aromatic heterocycles. The van der Waals surface area contributed by atoms with Crippen molar-refractivity contribution in [2.75, 3.05) is 24.5 Å². The van der Waals surface area contributed by atoms with E-state index in [9.17, 15) is 9.59 Å². The summed E-state index contributed by atoms with van der Waals surface area (Å²) in [7, 11) is 0. The number of nitrogens with zero attached hydrogens (tertiary/aromatic N) is 2. The van der Waals surface area contributed by atoms with Gasteiger partial charge in [-0.3, -0.25) is 9.59 Å². The van der Waals surface area contributed by atoms with Crippen molar-refractivity contribution < 1.29 is 9.59 Å². The second-order valence-corrected chi connectivity index (χ2v) is 8.71. The van der Waals surface area contributed by atoms with Crippen molar-refractivity contribution in [2.24, 2.45) is 11.8 Å². The first-order chi connectivity index (χ1) is 14.0. The molecule has 2 aromatic rings. The number of hydrogen-bond acceptors (Lipinski definition) is 2. The summed E-state index contributed by atoms with van der Waals surface area (Å²) >= 11 is 0. The van der Waals surface area contributed by atoms with Crippen molar-refractivity contribution in [1.29, 1.82) is 0 Å². The average Bonchev–Trinajstić information content (AvgIpc) is 3.10. The van der Waals surface area contributed by atoms with E-state index in [4.69, 9.17) is 0 Å². The van der Waals surface area contributed by atoms with E-state index in [1.807, 2.05) is 30.9 Å². The molecule has 4 nitrogen and oxygen atoms in total. The summed E-state index contributed by atoms with van der Waals surface area (Å²) in [5.41, 5.74) is 4.58. The number of carbonyl (C=O) groups excluding carboxylic acids is 2. The van der Waals surface area contributed by atoms with Gasteiger partial charge >= 0.3 is 0 Å². The maximum atomic E-state index is 13.1. The van der Waals surface area contributed by atoms with Crippen molar-refractivity contribution in [3.05, 3.63) is 65.2 Å². The predicted octanol–water partition coefficient (Wildman–Crippen LogP) is 4.14. The van der Waals surface area contributed by atoms with Gasteiger partial charge in [-0.15, -0.1) is 0 Å². The summed E-state index contributed by atoms with van der Waals surface area (Å²) in [6, 6.07) is 16.8. The minimum Gasteiger partial charge on any atom is -0.342 e. The monoisotopic (exact) mass is 390 g/mol. The Bertz CT molecular complexity index is 865. The van der Waals surface area contributed by atoms with Crippen molar-refractivity contribution in [1.82, 2.24) is 4.90 Å². The third-order valence-electron chi connectivity index (χ3n) is 6.29. The first-order valence-corrected chi connectivity index (χ1v) is 10.7. The zero-order valence-electron chi connectivity index (χ0n) is 17.4.